The van der Waals surface area contributed by atoms with Crippen molar-refractivity contribution in [2.75, 3.05) is 43.1 Å². The van der Waals surface area contributed by atoms with Crippen molar-refractivity contribution in [2.24, 2.45) is 11.8 Å². The number of nitrogens with zero attached hydrogens (tertiary/aromatic N) is 4. The molecule has 3 aliphatic heterocycles. The van der Waals surface area contributed by atoms with Gasteiger partial charge in [-0.25, -0.2) is 0 Å². The topological polar surface area (TPSA) is 120 Å². The van der Waals surface area contributed by atoms with Gasteiger partial charge >= 0.3 is 5.97 Å². The minimum Gasteiger partial charge on any atom is -0.455 e. The second-order valence-electron chi connectivity index (χ2n) is 15.6. The second kappa shape index (κ2) is 18.6. The van der Waals surface area contributed by atoms with E-state index in [4.69, 9.17) is 9.47 Å². The van der Waals surface area contributed by atoms with Crippen molar-refractivity contribution in [3.05, 3.63) is 121 Å². The average molecular weight is 791 g/mol. The van der Waals surface area contributed by atoms with Gasteiger partial charge in [0.1, 0.15) is 17.7 Å². The number of carbonyl (C=O) groups is 4. The van der Waals surface area contributed by atoms with Gasteiger partial charge in [0, 0.05) is 44.5 Å². The largest absolute Gasteiger partial charge is 0.455 e. The van der Waals surface area contributed by atoms with Gasteiger partial charge < -0.3 is 34.2 Å². The molecule has 0 unspecified atom stereocenters. The van der Waals surface area contributed by atoms with Gasteiger partial charge in [0.25, 0.3) is 5.91 Å². The molecule has 11 nitrogen and oxygen atoms in total. The normalized spacial score (nSPS) is 23.4. The number of hydrogen-bond donors (Lipinski definition) is 1. The maximum atomic E-state index is 15.3. The molecule has 1 spiro atoms. The van der Waals surface area contributed by atoms with E-state index < -0.39 is 66.3 Å². The Morgan fingerprint density at radius 2 is 1.60 bits per heavy atom. The van der Waals surface area contributed by atoms with E-state index in [-0.39, 0.29) is 31.2 Å². The van der Waals surface area contributed by atoms with Crippen molar-refractivity contribution in [1.29, 1.82) is 0 Å². The van der Waals surface area contributed by atoms with Crippen molar-refractivity contribution in [3.63, 3.8) is 0 Å². The van der Waals surface area contributed by atoms with Crippen LogP contribution in [0.2, 0.25) is 0 Å². The third-order valence-corrected chi connectivity index (χ3v) is 12.4. The lowest BCUT2D eigenvalue weighted by Gasteiger charge is -2.39. The Balaban J connectivity index is 1.38. The maximum Gasteiger partial charge on any atom is 0.313 e. The number of likely N-dealkylation sites (tertiary alicyclic amines) is 1. The number of fused-ring (bicyclic) bond motifs is 1. The van der Waals surface area contributed by atoms with Gasteiger partial charge in [-0.2, -0.15) is 0 Å². The van der Waals surface area contributed by atoms with Crippen LogP contribution < -0.4 is 9.80 Å². The molecule has 3 heterocycles. The summed E-state index contributed by atoms with van der Waals surface area (Å²) in [6.07, 6.45) is 3.70. The number of hydrogen-bond acceptors (Lipinski definition) is 8. The minimum absolute atomic E-state index is 0.116. The monoisotopic (exact) mass is 790 g/mol. The molecular formula is C47H58N4O7. The number of aliphatic hydroxyl groups excluding tert-OH is 1. The lowest BCUT2D eigenvalue weighted by Crippen LogP contribution is -2.59. The number of rotatable bonds is 19. The molecule has 0 aliphatic carbocycles. The summed E-state index contributed by atoms with van der Waals surface area (Å²) in [5.41, 5.74) is 1.89. The van der Waals surface area contributed by atoms with E-state index in [1.165, 1.54) is 4.90 Å². The van der Waals surface area contributed by atoms with Crippen LogP contribution in [0.5, 0.6) is 0 Å². The van der Waals surface area contributed by atoms with E-state index in [1.807, 2.05) is 91.9 Å². The number of esters is 1. The number of carbonyl (C=O) groups excluding carboxylic acids is 4. The molecule has 11 heteroatoms. The molecule has 3 aromatic rings. The Hall–Kier alpha value is -5.26. The third kappa shape index (κ3) is 8.07. The zero-order valence-corrected chi connectivity index (χ0v) is 34.2. The Kier molecular flexibility index (Phi) is 13.5. The fraction of sp³-hybridized carbons (Fsp3) is 0.447. The van der Waals surface area contributed by atoms with Crippen molar-refractivity contribution >= 4 is 35.1 Å². The number of amides is 3. The zero-order chi connectivity index (χ0) is 41.6. The van der Waals surface area contributed by atoms with Crippen molar-refractivity contribution in [2.45, 2.75) is 88.8 Å². The second-order valence-corrected chi connectivity index (χ2v) is 15.6. The summed E-state index contributed by atoms with van der Waals surface area (Å²) in [5, 5.41) is 11.0. The molecule has 0 saturated carbocycles. The van der Waals surface area contributed by atoms with Gasteiger partial charge in [-0.3, -0.25) is 19.2 Å². The summed E-state index contributed by atoms with van der Waals surface area (Å²) in [7, 11) is 1.69. The first-order valence-electron chi connectivity index (χ1n) is 20.6. The van der Waals surface area contributed by atoms with Gasteiger partial charge in [-0.05, 0) is 81.8 Å². The molecule has 8 atom stereocenters. The van der Waals surface area contributed by atoms with Gasteiger partial charge in [0.2, 0.25) is 11.8 Å². The standard InChI is InChI=1S/C47H58N4O7/c1-7-11-22-39(53)48(6)32(5)42(34-20-16-13-17-21-34)57-46(56)40-38-27-28-47(58-38)41(40)44(54)51(37(31-52)30-33-18-14-12-15-19-33)43(47)45(55)50(29-8-2)36-25-23-35(24-26-36)49(9-3)10-4/h7-8,12-21,23-26,32,37-38,40-43,52H,1-2,9-11,22,27-31H2,3-6H3/t32-,37-,38-,40+,41+,42+,43-,47+/m1/s1. The van der Waals surface area contributed by atoms with Gasteiger partial charge in [-0.15, -0.1) is 13.2 Å². The molecule has 1 N–H and O–H groups in total. The summed E-state index contributed by atoms with van der Waals surface area (Å²) in [6, 6.07) is 24.1. The van der Waals surface area contributed by atoms with Crippen LogP contribution in [0.3, 0.4) is 0 Å². The van der Waals surface area contributed by atoms with Crippen LogP contribution in [0.4, 0.5) is 11.4 Å². The molecule has 3 amide bonds. The molecule has 3 fully saturated rings. The van der Waals surface area contributed by atoms with Crippen LogP contribution in [0, 0.1) is 11.8 Å². The summed E-state index contributed by atoms with van der Waals surface area (Å²) in [5.74, 6) is -3.58. The Bertz CT molecular complexity index is 1920. The fourth-order valence-corrected chi connectivity index (χ4v) is 9.32. The first-order valence-corrected chi connectivity index (χ1v) is 20.6. The Morgan fingerprint density at radius 3 is 2.21 bits per heavy atom. The molecule has 58 heavy (non-hydrogen) atoms. The lowest BCUT2D eigenvalue weighted by molar-refractivity contribution is -0.165. The molecule has 6 rings (SSSR count). The van der Waals surface area contributed by atoms with E-state index >= 15 is 9.59 Å². The number of ether oxygens (including phenoxy) is 2. The number of anilines is 2. The van der Waals surface area contributed by atoms with Crippen molar-refractivity contribution in [3.8, 4) is 0 Å². The van der Waals surface area contributed by atoms with Crippen molar-refractivity contribution < 1.29 is 33.8 Å². The maximum absolute atomic E-state index is 15.3. The highest BCUT2D eigenvalue weighted by atomic mass is 16.6. The van der Waals surface area contributed by atoms with Gasteiger partial charge in [0.05, 0.1) is 36.6 Å². The van der Waals surface area contributed by atoms with Gasteiger partial charge in [-0.1, -0.05) is 72.8 Å². The summed E-state index contributed by atoms with van der Waals surface area (Å²) in [6.45, 7) is 15.1. The van der Waals surface area contributed by atoms with E-state index in [0.29, 0.717) is 30.5 Å². The highest BCUT2D eigenvalue weighted by Crippen LogP contribution is 2.59. The fourth-order valence-electron chi connectivity index (χ4n) is 9.32. The molecule has 3 aliphatic rings. The molecule has 0 aromatic heterocycles. The van der Waals surface area contributed by atoms with Crippen LogP contribution in [0.25, 0.3) is 0 Å². The summed E-state index contributed by atoms with van der Waals surface area (Å²) < 4.78 is 13.2. The van der Waals surface area contributed by atoms with Crippen LogP contribution >= 0.6 is 0 Å². The van der Waals surface area contributed by atoms with E-state index in [1.54, 1.807) is 29.0 Å². The molecule has 3 saturated heterocycles. The third-order valence-electron chi connectivity index (χ3n) is 12.4. The predicted octanol–water partition coefficient (Wildman–Crippen LogP) is 6.13. The van der Waals surface area contributed by atoms with E-state index in [9.17, 15) is 14.7 Å². The van der Waals surface area contributed by atoms with Crippen LogP contribution in [-0.2, 0) is 35.1 Å². The highest BCUT2D eigenvalue weighted by Gasteiger charge is 2.76. The predicted molar refractivity (Wildman–Crippen MR) is 225 cm³/mol. The SMILES string of the molecule is C=CCCC(=O)N(C)[C@H](C)[C@H](OC(=O)[C@@H]1[C@H]2C(=O)N([C@@H](CO)Cc3ccccc3)[C@H](C(=O)N(CC=C)c3ccc(N(CC)CC)cc3)[C@]23CC[C@H]1O3)c1ccccc1. The quantitative estimate of drug-likeness (QED) is 0.114. The molecule has 308 valence electrons. The average Bonchev–Trinajstić information content (AvgIpc) is 3.91. The van der Waals surface area contributed by atoms with Crippen LogP contribution in [-0.4, -0.2) is 102 Å². The van der Waals surface area contributed by atoms with Crippen molar-refractivity contribution in [1.82, 2.24) is 9.80 Å². The number of allylic oxidation sites excluding steroid dienone is 1. The number of likely N-dealkylation sites (N-methyl/N-ethyl adjacent to an activating group) is 1. The van der Waals surface area contributed by atoms with Gasteiger partial charge in [0.15, 0.2) is 0 Å². The summed E-state index contributed by atoms with van der Waals surface area (Å²) >= 11 is 0. The smallest absolute Gasteiger partial charge is 0.313 e. The molecule has 2 bridgehead atoms. The first-order chi connectivity index (χ1) is 28.0. The number of aliphatic hydroxyl groups is 1. The van der Waals surface area contributed by atoms with Crippen LogP contribution in [0.15, 0.2) is 110 Å². The zero-order valence-electron chi connectivity index (χ0n) is 34.2. The summed E-state index contributed by atoms with van der Waals surface area (Å²) in [4.78, 5) is 65.3. The Labute approximate surface area is 342 Å². The van der Waals surface area contributed by atoms with E-state index in [2.05, 4.69) is 31.9 Å². The van der Waals surface area contributed by atoms with E-state index in [0.717, 1.165) is 24.3 Å². The molecule has 3 aromatic carbocycles. The highest BCUT2D eigenvalue weighted by molar-refractivity contribution is 6.05. The number of benzene rings is 3. The Morgan fingerprint density at radius 1 is 0.966 bits per heavy atom. The lowest BCUT2D eigenvalue weighted by atomic mass is 9.70. The molecule has 0 radical (unpaired) electrons. The minimum atomic E-state index is -1.35. The van der Waals surface area contributed by atoms with Crippen LogP contribution in [0.1, 0.15) is 63.7 Å². The molecular weight excluding hydrogens is 733 g/mol. The first kappa shape index (κ1) is 42.3.